The molecule has 3 atom stereocenters. The molecule has 0 saturated heterocycles. The van der Waals surface area contributed by atoms with Crippen LogP contribution in [0, 0.1) is 0 Å². The van der Waals surface area contributed by atoms with Crippen LogP contribution in [0.25, 0.3) is 10.9 Å². The standard InChI is InChI=1S/C28H31N7O6/c29-21(11-18-13-30-15-33-18)26(38)32-14-25(37)34-23(10-17-12-31-22-4-2-1-3-20(17)22)27(39)35-24(28(40)41)9-16-5-7-19(36)8-6-16/h1-8,12-13,15,21,23-24,31,36H,9-11,14,29H2,(H,30,33)(H,32,38)(H,34,37)(H,35,39)(H,40,41). The lowest BCUT2D eigenvalue weighted by Crippen LogP contribution is -2.55. The van der Waals surface area contributed by atoms with Crippen molar-refractivity contribution in [3.05, 3.63) is 84.1 Å². The first kappa shape index (κ1) is 28.8. The number of nitrogens with two attached hydrogens (primary N) is 1. The minimum atomic E-state index is -1.30. The van der Waals surface area contributed by atoms with E-state index in [-0.39, 0.29) is 25.0 Å². The van der Waals surface area contributed by atoms with Crippen LogP contribution in [0.2, 0.25) is 0 Å². The molecule has 0 aliphatic rings. The number of H-pyrrole nitrogens is 2. The summed E-state index contributed by atoms with van der Waals surface area (Å²) in [5.74, 6) is -3.16. The molecule has 214 valence electrons. The largest absolute Gasteiger partial charge is 0.508 e. The number of carbonyl (C=O) groups excluding carboxylic acids is 3. The molecule has 41 heavy (non-hydrogen) atoms. The van der Waals surface area contributed by atoms with Gasteiger partial charge in [0.1, 0.15) is 17.8 Å². The SMILES string of the molecule is NC(Cc1cnc[nH]1)C(=O)NCC(=O)NC(Cc1c[nH]c2ccccc12)C(=O)NC(Cc1ccc(O)cc1)C(=O)O. The van der Waals surface area contributed by atoms with Gasteiger partial charge in [-0.25, -0.2) is 9.78 Å². The zero-order valence-corrected chi connectivity index (χ0v) is 22.0. The molecule has 4 rings (SSSR count). The maximum atomic E-state index is 13.4. The summed E-state index contributed by atoms with van der Waals surface area (Å²) in [4.78, 5) is 60.4. The van der Waals surface area contributed by atoms with E-state index in [4.69, 9.17) is 5.73 Å². The van der Waals surface area contributed by atoms with Crippen molar-refractivity contribution in [2.75, 3.05) is 6.54 Å². The van der Waals surface area contributed by atoms with Gasteiger partial charge < -0.3 is 41.9 Å². The summed E-state index contributed by atoms with van der Waals surface area (Å²) in [5, 5.41) is 27.7. The molecule has 4 aromatic rings. The van der Waals surface area contributed by atoms with Crippen molar-refractivity contribution in [3.8, 4) is 5.75 Å². The van der Waals surface area contributed by atoms with Crippen LogP contribution in [0.1, 0.15) is 16.8 Å². The van der Waals surface area contributed by atoms with E-state index in [1.165, 1.54) is 18.5 Å². The highest BCUT2D eigenvalue weighted by molar-refractivity contribution is 5.93. The van der Waals surface area contributed by atoms with Crippen LogP contribution >= 0.6 is 0 Å². The third-order valence-electron chi connectivity index (χ3n) is 6.50. The monoisotopic (exact) mass is 561 g/mol. The Labute approximate surface area is 234 Å². The van der Waals surface area contributed by atoms with Gasteiger partial charge in [0.05, 0.1) is 18.9 Å². The van der Waals surface area contributed by atoms with Crippen LogP contribution in [0.15, 0.2) is 67.3 Å². The fraction of sp³-hybridized carbons (Fsp3) is 0.250. The normalized spacial score (nSPS) is 13.2. The number of imidazole rings is 1. The van der Waals surface area contributed by atoms with Gasteiger partial charge in [-0.05, 0) is 29.3 Å². The second-order valence-electron chi connectivity index (χ2n) is 9.56. The number of fused-ring (bicyclic) bond motifs is 1. The quantitative estimate of drug-likeness (QED) is 0.112. The number of carboxylic acids is 1. The minimum absolute atomic E-state index is 0.0283. The molecule has 9 N–H and O–H groups in total. The minimum Gasteiger partial charge on any atom is -0.508 e. The molecule has 13 nitrogen and oxygen atoms in total. The van der Waals surface area contributed by atoms with Crippen molar-refractivity contribution in [2.45, 2.75) is 37.4 Å². The van der Waals surface area contributed by atoms with Crippen LogP contribution in [0.3, 0.4) is 0 Å². The summed E-state index contributed by atoms with van der Waals surface area (Å²) in [6.07, 6.45) is 4.93. The molecule has 0 saturated carbocycles. The predicted molar refractivity (Wildman–Crippen MR) is 149 cm³/mol. The highest BCUT2D eigenvalue weighted by atomic mass is 16.4. The topological polar surface area (TPSA) is 215 Å². The molecule has 0 radical (unpaired) electrons. The van der Waals surface area contributed by atoms with E-state index in [1.807, 2.05) is 24.3 Å². The third-order valence-corrected chi connectivity index (χ3v) is 6.50. The van der Waals surface area contributed by atoms with E-state index in [0.29, 0.717) is 11.3 Å². The Hall–Kier alpha value is -5.17. The maximum absolute atomic E-state index is 13.4. The van der Waals surface area contributed by atoms with Crippen molar-refractivity contribution in [3.63, 3.8) is 0 Å². The first-order valence-corrected chi connectivity index (χ1v) is 12.9. The number of aliphatic carboxylic acids is 1. The zero-order chi connectivity index (χ0) is 29.4. The average molecular weight is 562 g/mol. The number of carbonyl (C=O) groups is 4. The van der Waals surface area contributed by atoms with Gasteiger partial charge in [-0.15, -0.1) is 0 Å². The molecule has 2 heterocycles. The number of nitrogens with one attached hydrogen (secondary N) is 5. The maximum Gasteiger partial charge on any atom is 0.326 e. The average Bonchev–Trinajstić information content (AvgIpc) is 3.62. The molecule has 3 amide bonds. The van der Waals surface area contributed by atoms with E-state index < -0.39 is 48.4 Å². The Bertz CT molecular complexity index is 1500. The molecule has 0 aliphatic heterocycles. The number of hydrogen-bond acceptors (Lipinski definition) is 7. The Kier molecular flexibility index (Phi) is 9.32. The number of aromatic nitrogens is 3. The summed E-state index contributed by atoms with van der Waals surface area (Å²) in [5.41, 5.74) is 8.73. The molecule has 0 aliphatic carbocycles. The van der Waals surface area contributed by atoms with Gasteiger partial charge in [-0.3, -0.25) is 14.4 Å². The molecular weight excluding hydrogens is 530 g/mol. The summed E-state index contributed by atoms with van der Waals surface area (Å²) < 4.78 is 0. The van der Waals surface area contributed by atoms with Crippen LogP contribution in [0.5, 0.6) is 5.75 Å². The van der Waals surface area contributed by atoms with E-state index in [1.54, 1.807) is 24.5 Å². The predicted octanol–water partition coefficient (Wildman–Crippen LogP) is 0.122. The first-order chi connectivity index (χ1) is 19.7. The van der Waals surface area contributed by atoms with Crippen molar-refractivity contribution < 1.29 is 29.4 Å². The van der Waals surface area contributed by atoms with Gasteiger partial charge in [0, 0.05) is 48.3 Å². The molecular formula is C28H31N7O6. The summed E-state index contributed by atoms with van der Waals surface area (Å²) in [7, 11) is 0. The molecule has 0 fully saturated rings. The third kappa shape index (κ3) is 7.92. The van der Waals surface area contributed by atoms with Crippen molar-refractivity contribution in [1.29, 1.82) is 0 Å². The van der Waals surface area contributed by atoms with E-state index in [2.05, 4.69) is 30.9 Å². The van der Waals surface area contributed by atoms with E-state index >= 15 is 0 Å². The molecule has 13 heteroatoms. The van der Waals surface area contributed by atoms with Crippen LogP contribution in [-0.4, -0.2) is 73.5 Å². The van der Waals surface area contributed by atoms with Gasteiger partial charge in [0.15, 0.2) is 0 Å². The summed E-state index contributed by atoms with van der Waals surface area (Å²) in [6.45, 7) is -0.441. The molecule has 2 aromatic heterocycles. The molecule has 2 aromatic carbocycles. The number of nitrogens with zero attached hydrogens (tertiary/aromatic N) is 1. The Morgan fingerprint density at radius 3 is 2.37 bits per heavy atom. The van der Waals surface area contributed by atoms with Crippen molar-refractivity contribution >= 4 is 34.6 Å². The second-order valence-corrected chi connectivity index (χ2v) is 9.56. The Balaban J connectivity index is 1.44. The Morgan fingerprint density at radius 1 is 0.902 bits per heavy atom. The first-order valence-electron chi connectivity index (χ1n) is 12.9. The summed E-state index contributed by atoms with van der Waals surface area (Å²) >= 11 is 0. The van der Waals surface area contributed by atoms with Gasteiger partial charge in [-0.2, -0.15) is 0 Å². The number of carboxylic acid groups (broad SMARTS) is 1. The van der Waals surface area contributed by atoms with Gasteiger partial charge >= 0.3 is 5.97 Å². The number of para-hydroxylation sites is 1. The summed E-state index contributed by atoms with van der Waals surface area (Å²) in [6, 6.07) is 10.0. The smallest absolute Gasteiger partial charge is 0.326 e. The molecule has 0 bridgehead atoms. The lowest BCUT2D eigenvalue weighted by molar-refractivity contribution is -0.142. The van der Waals surface area contributed by atoms with E-state index in [9.17, 15) is 29.4 Å². The molecule has 0 spiro atoms. The number of aromatic hydroxyl groups is 1. The van der Waals surface area contributed by atoms with E-state index in [0.717, 1.165) is 16.5 Å². The number of hydrogen-bond donors (Lipinski definition) is 8. The number of benzene rings is 2. The molecule has 3 unspecified atom stereocenters. The highest BCUT2D eigenvalue weighted by Gasteiger charge is 2.28. The lowest BCUT2D eigenvalue weighted by Gasteiger charge is -2.22. The number of aromatic amines is 2. The highest BCUT2D eigenvalue weighted by Crippen LogP contribution is 2.19. The van der Waals surface area contributed by atoms with Gasteiger partial charge in [0.2, 0.25) is 17.7 Å². The van der Waals surface area contributed by atoms with Crippen molar-refractivity contribution in [2.24, 2.45) is 5.73 Å². The fourth-order valence-corrected chi connectivity index (χ4v) is 4.34. The zero-order valence-electron chi connectivity index (χ0n) is 22.0. The second kappa shape index (κ2) is 13.3. The number of amides is 3. The van der Waals surface area contributed by atoms with Gasteiger partial charge in [-0.1, -0.05) is 30.3 Å². The number of phenolic OH excluding ortho intramolecular Hbond substituents is 1. The van der Waals surface area contributed by atoms with Crippen molar-refractivity contribution in [1.82, 2.24) is 30.9 Å². The Morgan fingerprint density at radius 2 is 1.66 bits per heavy atom. The van der Waals surface area contributed by atoms with Gasteiger partial charge in [0.25, 0.3) is 0 Å². The van der Waals surface area contributed by atoms with Crippen LogP contribution < -0.4 is 21.7 Å². The number of phenols is 1. The van der Waals surface area contributed by atoms with Crippen LogP contribution in [-0.2, 0) is 38.4 Å². The number of rotatable bonds is 13. The lowest BCUT2D eigenvalue weighted by atomic mass is 10.0. The fourth-order valence-electron chi connectivity index (χ4n) is 4.34. The van der Waals surface area contributed by atoms with Crippen LogP contribution in [0.4, 0.5) is 0 Å².